The first kappa shape index (κ1) is 20.5. The van der Waals surface area contributed by atoms with E-state index in [0.29, 0.717) is 18.7 Å². The summed E-state index contributed by atoms with van der Waals surface area (Å²) in [7, 11) is 0. The number of carbonyl (C=O) groups is 2. The second kappa shape index (κ2) is 9.80. The molecule has 0 atom stereocenters. The van der Waals surface area contributed by atoms with Gasteiger partial charge in [0.15, 0.2) is 6.61 Å². The van der Waals surface area contributed by atoms with Gasteiger partial charge in [-0.05, 0) is 60.5 Å². The van der Waals surface area contributed by atoms with Crippen LogP contribution in [-0.4, -0.2) is 25.0 Å². The molecule has 1 aliphatic rings. The Labute approximate surface area is 181 Å². The minimum Gasteiger partial charge on any atom is -0.484 e. The van der Waals surface area contributed by atoms with Gasteiger partial charge in [0.2, 0.25) is 5.91 Å². The van der Waals surface area contributed by atoms with Crippen LogP contribution in [0.4, 0.5) is 5.69 Å². The Kier molecular flexibility index (Phi) is 6.47. The van der Waals surface area contributed by atoms with Crippen LogP contribution in [0.1, 0.15) is 18.4 Å². The van der Waals surface area contributed by atoms with Gasteiger partial charge in [-0.2, -0.15) is 0 Å². The summed E-state index contributed by atoms with van der Waals surface area (Å²) in [4.78, 5) is 25.7. The Morgan fingerprint density at radius 2 is 1.55 bits per heavy atom. The molecule has 0 spiro atoms. The fourth-order valence-corrected chi connectivity index (χ4v) is 3.34. The first-order valence-corrected chi connectivity index (χ1v) is 10.3. The molecular formula is C25H24N2O4. The molecule has 1 fully saturated rings. The molecule has 1 aliphatic heterocycles. The molecule has 0 radical (unpaired) electrons. The van der Waals surface area contributed by atoms with E-state index in [1.165, 1.54) is 0 Å². The van der Waals surface area contributed by atoms with Crippen molar-refractivity contribution in [3.63, 3.8) is 0 Å². The third-order valence-electron chi connectivity index (χ3n) is 4.98. The number of hydrogen-bond donors (Lipinski definition) is 1. The molecule has 0 unspecified atom stereocenters. The molecule has 1 saturated heterocycles. The Hall–Kier alpha value is -3.80. The zero-order valence-electron chi connectivity index (χ0n) is 17.1. The summed E-state index contributed by atoms with van der Waals surface area (Å²) in [5, 5.41) is 2.84. The standard InChI is InChI=1S/C25H24N2O4/c28-24(18-30-21-14-10-20(11-15-21)27-16-4-7-25(27)29)26-17-19-8-12-23(13-9-19)31-22-5-2-1-3-6-22/h1-3,5-6,8-15H,4,7,16-18H2,(H,26,28). The Morgan fingerprint density at radius 1 is 0.871 bits per heavy atom. The number of hydrogen-bond acceptors (Lipinski definition) is 4. The lowest BCUT2D eigenvalue weighted by atomic mass is 10.2. The second-order valence-corrected chi connectivity index (χ2v) is 7.27. The maximum absolute atomic E-state index is 12.1. The van der Waals surface area contributed by atoms with Crippen molar-refractivity contribution >= 4 is 17.5 Å². The van der Waals surface area contributed by atoms with Gasteiger partial charge >= 0.3 is 0 Å². The number of amides is 2. The number of benzene rings is 3. The lowest BCUT2D eigenvalue weighted by Crippen LogP contribution is -2.28. The number of ether oxygens (including phenoxy) is 2. The molecule has 3 aromatic rings. The highest BCUT2D eigenvalue weighted by Gasteiger charge is 2.21. The van der Waals surface area contributed by atoms with Gasteiger partial charge in [-0.3, -0.25) is 9.59 Å². The molecule has 158 valence electrons. The first-order chi connectivity index (χ1) is 15.2. The van der Waals surface area contributed by atoms with Crippen LogP contribution in [0.5, 0.6) is 17.2 Å². The smallest absolute Gasteiger partial charge is 0.258 e. The molecule has 6 nitrogen and oxygen atoms in total. The maximum atomic E-state index is 12.1. The van der Waals surface area contributed by atoms with Crippen molar-refractivity contribution < 1.29 is 19.1 Å². The van der Waals surface area contributed by atoms with Crippen LogP contribution in [0, 0.1) is 0 Å². The lowest BCUT2D eigenvalue weighted by molar-refractivity contribution is -0.123. The second-order valence-electron chi connectivity index (χ2n) is 7.27. The van der Waals surface area contributed by atoms with Gasteiger partial charge in [-0.1, -0.05) is 30.3 Å². The van der Waals surface area contributed by atoms with E-state index in [0.717, 1.165) is 35.7 Å². The molecule has 0 aromatic heterocycles. The molecule has 6 heteroatoms. The number of para-hydroxylation sites is 1. The minimum atomic E-state index is -0.205. The van der Waals surface area contributed by atoms with Gasteiger partial charge in [0.25, 0.3) is 5.91 Å². The molecule has 1 heterocycles. The van der Waals surface area contributed by atoms with Gasteiger partial charge in [-0.15, -0.1) is 0 Å². The molecular weight excluding hydrogens is 392 g/mol. The van der Waals surface area contributed by atoms with Crippen molar-refractivity contribution in [3.05, 3.63) is 84.4 Å². The maximum Gasteiger partial charge on any atom is 0.258 e. The van der Waals surface area contributed by atoms with Crippen molar-refractivity contribution in [1.82, 2.24) is 5.32 Å². The lowest BCUT2D eigenvalue weighted by Gasteiger charge is -2.16. The Bertz CT molecular complexity index is 1020. The third kappa shape index (κ3) is 5.63. The van der Waals surface area contributed by atoms with Gasteiger partial charge in [0.05, 0.1) is 0 Å². The largest absolute Gasteiger partial charge is 0.484 e. The summed E-state index contributed by atoms with van der Waals surface area (Å²) in [6.07, 6.45) is 1.49. The SMILES string of the molecule is O=C(COc1ccc(N2CCCC2=O)cc1)NCc1ccc(Oc2ccccc2)cc1. The molecule has 0 saturated carbocycles. The highest BCUT2D eigenvalue weighted by Crippen LogP contribution is 2.24. The number of carbonyl (C=O) groups excluding carboxylic acids is 2. The highest BCUT2D eigenvalue weighted by molar-refractivity contribution is 5.95. The van der Waals surface area contributed by atoms with Crippen LogP contribution in [0.3, 0.4) is 0 Å². The molecule has 1 N–H and O–H groups in total. The molecule has 4 rings (SSSR count). The van der Waals surface area contributed by atoms with Crippen molar-refractivity contribution in [2.24, 2.45) is 0 Å². The summed E-state index contributed by atoms with van der Waals surface area (Å²) in [6, 6.07) is 24.4. The third-order valence-corrected chi connectivity index (χ3v) is 4.98. The molecule has 31 heavy (non-hydrogen) atoms. The first-order valence-electron chi connectivity index (χ1n) is 10.3. The number of rotatable bonds is 8. The molecule has 0 bridgehead atoms. The zero-order valence-corrected chi connectivity index (χ0v) is 17.1. The number of nitrogens with one attached hydrogen (secondary N) is 1. The van der Waals surface area contributed by atoms with Crippen LogP contribution >= 0.6 is 0 Å². The summed E-state index contributed by atoms with van der Waals surface area (Å²) in [5.41, 5.74) is 1.83. The van der Waals surface area contributed by atoms with E-state index in [1.54, 1.807) is 17.0 Å². The fraction of sp³-hybridized carbons (Fsp3) is 0.200. The zero-order chi connectivity index (χ0) is 21.5. The van der Waals surface area contributed by atoms with E-state index in [9.17, 15) is 9.59 Å². The van der Waals surface area contributed by atoms with Crippen molar-refractivity contribution in [2.75, 3.05) is 18.1 Å². The van der Waals surface area contributed by atoms with Gasteiger partial charge < -0.3 is 19.7 Å². The fourth-order valence-electron chi connectivity index (χ4n) is 3.34. The van der Waals surface area contributed by atoms with Crippen LogP contribution in [0.25, 0.3) is 0 Å². The topological polar surface area (TPSA) is 67.9 Å². The predicted molar refractivity (Wildman–Crippen MR) is 118 cm³/mol. The number of anilines is 1. The van der Waals surface area contributed by atoms with E-state index >= 15 is 0 Å². The Balaban J connectivity index is 1.21. The van der Waals surface area contributed by atoms with Crippen LogP contribution in [0.15, 0.2) is 78.9 Å². The summed E-state index contributed by atoms with van der Waals surface area (Å²) in [6.45, 7) is 1.09. The average Bonchev–Trinajstić information content (AvgIpc) is 3.24. The van der Waals surface area contributed by atoms with Crippen molar-refractivity contribution in [3.8, 4) is 17.2 Å². The van der Waals surface area contributed by atoms with E-state index in [-0.39, 0.29) is 18.4 Å². The van der Waals surface area contributed by atoms with E-state index in [2.05, 4.69) is 5.32 Å². The summed E-state index contributed by atoms with van der Waals surface area (Å²) >= 11 is 0. The molecule has 2 amide bonds. The van der Waals surface area contributed by atoms with E-state index in [4.69, 9.17) is 9.47 Å². The van der Waals surface area contributed by atoms with Crippen LogP contribution in [0.2, 0.25) is 0 Å². The van der Waals surface area contributed by atoms with Crippen molar-refractivity contribution in [1.29, 1.82) is 0 Å². The number of nitrogens with zero attached hydrogens (tertiary/aromatic N) is 1. The van der Waals surface area contributed by atoms with Crippen LogP contribution < -0.4 is 19.7 Å². The minimum absolute atomic E-state index is 0.0722. The molecule has 0 aliphatic carbocycles. The van der Waals surface area contributed by atoms with E-state index in [1.807, 2.05) is 66.7 Å². The molecule has 3 aromatic carbocycles. The monoisotopic (exact) mass is 416 g/mol. The van der Waals surface area contributed by atoms with Gasteiger partial charge in [-0.25, -0.2) is 0 Å². The van der Waals surface area contributed by atoms with Crippen molar-refractivity contribution in [2.45, 2.75) is 19.4 Å². The van der Waals surface area contributed by atoms with E-state index < -0.39 is 0 Å². The van der Waals surface area contributed by atoms with Gasteiger partial charge in [0.1, 0.15) is 17.2 Å². The normalized spacial score (nSPS) is 13.2. The quantitative estimate of drug-likeness (QED) is 0.595. The summed E-state index contributed by atoms with van der Waals surface area (Å²) < 4.78 is 11.3. The Morgan fingerprint density at radius 3 is 2.23 bits per heavy atom. The van der Waals surface area contributed by atoms with Gasteiger partial charge in [0, 0.05) is 25.2 Å². The van der Waals surface area contributed by atoms with Crippen LogP contribution in [-0.2, 0) is 16.1 Å². The highest BCUT2D eigenvalue weighted by atomic mass is 16.5. The average molecular weight is 416 g/mol. The summed E-state index contributed by atoms with van der Waals surface area (Å²) in [5.74, 6) is 2.05. The predicted octanol–water partition coefficient (Wildman–Crippen LogP) is 4.30.